The van der Waals surface area contributed by atoms with Crippen molar-refractivity contribution in [1.82, 2.24) is 5.32 Å². The molecule has 0 heterocycles. The molecule has 10 atom stereocenters. The Morgan fingerprint density at radius 2 is 1.46 bits per heavy atom. The first kappa shape index (κ1) is 41.9. The maximum absolute atomic E-state index is 13.2. The smallest absolute Gasteiger partial charge is 0.369 e. The van der Waals surface area contributed by atoms with Crippen LogP contribution >= 0.6 is 15.2 Å². The Morgan fingerprint density at radius 1 is 0.820 bits per heavy atom. The number of aliphatic hydroxyl groups is 3. The van der Waals surface area contributed by atoms with Crippen molar-refractivity contribution in [2.75, 3.05) is 6.54 Å². The van der Waals surface area contributed by atoms with Crippen molar-refractivity contribution in [1.29, 1.82) is 0 Å². The number of hydrogen-bond acceptors (Lipinski definition) is 8. The van der Waals surface area contributed by atoms with Gasteiger partial charge in [0.15, 0.2) is 0 Å². The lowest BCUT2D eigenvalue weighted by molar-refractivity contribution is -0.197. The van der Waals surface area contributed by atoms with Crippen LogP contribution in [0.2, 0.25) is 0 Å². The second kappa shape index (κ2) is 15.8. The van der Waals surface area contributed by atoms with Gasteiger partial charge in [-0.3, -0.25) is 18.7 Å². The molecule has 4 rings (SSSR count). The van der Waals surface area contributed by atoms with Gasteiger partial charge < -0.3 is 44.9 Å². The highest BCUT2D eigenvalue weighted by Crippen LogP contribution is 2.70. The molecule has 1 amide bonds. The number of nitrogens with one attached hydrogen (secondary N) is 1. The van der Waals surface area contributed by atoms with Gasteiger partial charge in [0.2, 0.25) is 5.91 Å². The molecule has 0 saturated heterocycles. The van der Waals surface area contributed by atoms with Crippen molar-refractivity contribution >= 4 is 27.1 Å². The monoisotopic (exact) mass is 751 g/mol. The molecular formula is C35H63NO12P2. The van der Waals surface area contributed by atoms with E-state index in [-0.39, 0.29) is 48.5 Å². The maximum Gasteiger partial charge on any atom is 0.369 e. The summed E-state index contributed by atoms with van der Waals surface area (Å²) in [5.74, 6) is 0.299. The minimum absolute atomic E-state index is 0.00435. The van der Waals surface area contributed by atoms with Crippen LogP contribution < -0.4 is 5.32 Å². The van der Waals surface area contributed by atoms with E-state index >= 15 is 0 Å². The number of amides is 1. The highest BCUT2D eigenvalue weighted by molar-refractivity contribution is 7.72. The van der Waals surface area contributed by atoms with E-state index in [0.717, 1.165) is 57.8 Å². The molecule has 4 aliphatic carbocycles. The fourth-order valence-electron chi connectivity index (χ4n) is 11.0. The Balaban J connectivity index is 1.38. The molecule has 4 aliphatic rings. The van der Waals surface area contributed by atoms with Crippen LogP contribution in [0.25, 0.3) is 0 Å². The Labute approximate surface area is 297 Å². The zero-order valence-corrected chi connectivity index (χ0v) is 32.1. The number of unbranched alkanes of at least 4 members (excludes halogenated alkanes) is 3. The fourth-order valence-corrected chi connectivity index (χ4v) is 13.3. The van der Waals surface area contributed by atoms with E-state index in [1.165, 1.54) is 6.42 Å². The second-order valence-electron chi connectivity index (χ2n) is 16.8. The molecule has 0 aromatic carbocycles. The van der Waals surface area contributed by atoms with E-state index in [1.807, 2.05) is 6.92 Å². The number of hydrogen-bond donors (Lipinski definition) is 8. The average Bonchev–Trinajstić information content (AvgIpc) is 3.38. The molecule has 0 bridgehead atoms. The summed E-state index contributed by atoms with van der Waals surface area (Å²) in [4.78, 5) is 62.8. The van der Waals surface area contributed by atoms with Crippen molar-refractivity contribution in [3.63, 3.8) is 0 Å². The van der Waals surface area contributed by atoms with Crippen molar-refractivity contribution in [3.05, 3.63) is 0 Å². The highest BCUT2D eigenvalue weighted by atomic mass is 31.2. The van der Waals surface area contributed by atoms with Crippen LogP contribution in [-0.2, 0) is 23.5 Å². The van der Waals surface area contributed by atoms with E-state index in [1.54, 1.807) is 0 Å². The van der Waals surface area contributed by atoms with Crippen molar-refractivity contribution in [2.24, 2.45) is 40.4 Å². The molecule has 50 heavy (non-hydrogen) atoms. The van der Waals surface area contributed by atoms with Gasteiger partial charge in [-0.05, 0) is 106 Å². The van der Waals surface area contributed by atoms with Crippen LogP contribution in [0.3, 0.4) is 0 Å². The minimum atomic E-state index is -5.58. The van der Waals surface area contributed by atoms with Gasteiger partial charge in [-0.25, -0.2) is 0 Å². The van der Waals surface area contributed by atoms with Crippen molar-refractivity contribution < 1.29 is 58.3 Å². The van der Waals surface area contributed by atoms with Crippen molar-refractivity contribution in [2.45, 2.75) is 160 Å². The topological polar surface area (TPSA) is 231 Å². The first-order valence-electron chi connectivity index (χ1n) is 18.8. The summed E-state index contributed by atoms with van der Waals surface area (Å²) >= 11 is 0. The lowest BCUT2D eigenvalue weighted by Gasteiger charge is -2.63. The van der Waals surface area contributed by atoms with Gasteiger partial charge in [0.25, 0.3) is 5.08 Å². The lowest BCUT2D eigenvalue weighted by atomic mass is 9.43. The van der Waals surface area contributed by atoms with Gasteiger partial charge in [-0.15, -0.1) is 0 Å². The molecule has 0 aromatic rings. The molecule has 290 valence electrons. The minimum Gasteiger partial charge on any atom is -0.462 e. The number of rotatable bonds is 16. The van der Waals surface area contributed by atoms with Crippen LogP contribution in [0.5, 0.6) is 0 Å². The molecule has 0 spiro atoms. The van der Waals surface area contributed by atoms with Crippen LogP contribution in [0.15, 0.2) is 0 Å². The molecule has 0 aliphatic heterocycles. The van der Waals surface area contributed by atoms with Gasteiger partial charge in [-0.2, -0.15) is 0 Å². The molecular weight excluding hydrogens is 688 g/mol. The normalized spacial score (nSPS) is 35.7. The Hall–Kier alpha value is -0.880. The number of ether oxygens (including phenoxy) is 1. The Bertz CT molecular complexity index is 1280. The average molecular weight is 752 g/mol. The second-order valence-corrected chi connectivity index (χ2v) is 20.8. The van der Waals surface area contributed by atoms with Crippen LogP contribution in [-0.4, -0.2) is 76.2 Å². The predicted molar refractivity (Wildman–Crippen MR) is 186 cm³/mol. The molecule has 8 N–H and O–H groups in total. The third-order valence-electron chi connectivity index (χ3n) is 13.7. The van der Waals surface area contributed by atoms with Crippen LogP contribution in [0, 0.1) is 40.4 Å². The number of esters is 1. The summed E-state index contributed by atoms with van der Waals surface area (Å²) in [5, 5.41) is 31.5. The highest BCUT2D eigenvalue weighted by Gasteiger charge is 2.64. The van der Waals surface area contributed by atoms with Crippen LogP contribution in [0.1, 0.15) is 137 Å². The number of aliphatic hydroxyl groups excluding tert-OH is 1. The quantitative estimate of drug-likeness (QED) is 0.0597. The first-order valence-corrected chi connectivity index (χ1v) is 22.0. The summed E-state index contributed by atoms with van der Waals surface area (Å²) in [6.45, 7) is 8.69. The molecule has 0 aromatic heterocycles. The largest absolute Gasteiger partial charge is 0.462 e. The fraction of sp³-hybridized carbons (Fsp3) is 0.943. The third-order valence-corrected chi connectivity index (χ3v) is 17.6. The third kappa shape index (κ3) is 8.57. The van der Waals surface area contributed by atoms with E-state index in [2.05, 4.69) is 26.1 Å². The first-order chi connectivity index (χ1) is 23.1. The zero-order chi connectivity index (χ0) is 37.3. The maximum atomic E-state index is 13.2. The molecule has 10 unspecified atom stereocenters. The van der Waals surface area contributed by atoms with E-state index in [9.17, 15) is 53.6 Å². The lowest BCUT2D eigenvalue weighted by Crippen LogP contribution is -2.59. The van der Waals surface area contributed by atoms with Gasteiger partial charge in [-0.1, -0.05) is 46.5 Å². The number of fused-ring (bicyclic) bond motifs is 5. The summed E-state index contributed by atoms with van der Waals surface area (Å²) in [6.07, 6.45) is 9.72. The number of carbonyl (C=O) groups is 2. The summed E-state index contributed by atoms with van der Waals surface area (Å²) in [7, 11) is -11.2. The Kier molecular flexibility index (Phi) is 13.3. The SMILES string of the molecule is CCCCCCC(C)(O)C1CCC2C3CC(OC(=O)CCC(=O)NCCCC(O)(P(=O)(O)O)P(=O)(O)O)C4CC(O)CCC4(C)C3CCC21C. The standard InChI is InChI=1S/C35H63NO12P2/c1-5-6-7-8-16-34(4,40)29-11-10-25-24-22-28(27-21-23(37)14-18-32(27,2)26(24)15-19-33(25,29)3)48-31(39)13-12-30(38)36-20-9-17-35(41,49(42,43)44)50(45,46)47/h23-29,37,40-41H,5-22H2,1-4H3,(H,36,38)(H2,42,43,44)(H2,45,46,47). The van der Waals surface area contributed by atoms with Gasteiger partial charge in [0.1, 0.15) is 6.10 Å². The summed E-state index contributed by atoms with van der Waals surface area (Å²) < 4.78 is 29.3. The molecule has 4 saturated carbocycles. The van der Waals surface area contributed by atoms with E-state index in [0.29, 0.717) is 37.0 Å². The van der Waals surface area contributed by atoms with Gasteiger partial charge in [0.05, 0.1) is 18.1 Å². The Morgan fingerprint density at radius 3 is 2.10 bits per heavy atom. The van der Waals surface area contributed by atoms with Gasteiger partial charge >= 0.3 is 21.2 Å². The number of carbonyl (C=O) groups excluding carboxylic acids is 2. The molecule has 0 radical (unpaired) electrons. The van der Waals surface area contributed by atoms with Gasteiger partial charge in [0, 0.05) is 25.3 Å². The summed E-state index contributed by atoms with van der Waals surface area (Å²) in [5.41, 5.74) is -0.840. The molecule has 15 heteroatoms. The van der Waals surface area contributed by atoms with E-state index in [4.69, 9.17) is 4.74 Å². The van der Waals surface area contributed by atoms with Crippen molar-refractivity contribution in [3.8, 4) is 0 Å². The van der Waals surface area contributed by atoms with Crippen LogP contribution in [0.4, 0.5) is 0 Å². The molecule has 13 nitrogen and oxygen atoms in total. The zero-order valence-electron chi connectivity index (χ0n) is 30.3. The summed E-state index contributed by atoms with van der Waals surface area (Å²) in [6, 6.07) is 0. The van der Waals surface area contributed by atoms with E-state index < -0.39 is 56.4 Å². The predicted octanol–water partition coefficient (Wildman–Crippen LogP) is 4.93. The molecule has 4 fully saturated rings.